The number of ketones is 1. The van der Waals surface area contributed by atoms with Gasteiger partial charge < -0.3 is 15.3 Å². The molecule has 0 amide bonds. The standard InChI is InChI=1S/C27H42O5/c1-25-14-11-19(28)16-18(25)17-27(32,13-7-5-3-4-6-8-23(30)31)24-20-9-10-22(29)26(20,2)15-12-21(24)25/h16,20-22,24,29,32H,3-15,17H2,1-2H3,(H,30,31)/t20-,21-,22-,24-,25-,26-,27-/m0/s1. The molecule has 0 heterocycles. The smallest absolute Gasteiger partial charge is 0.303 e. The van der Waals surface area contributed by atoms with E-state index in [9.17, 15) is 19.8 Å². The fourth-order valence-electron chi connectivity index (χ4n) is 8.17. The lowest BCUT2D eigenvalue weighted by Gasteiger charge is -2.63. The summed E-state index contributed by atoms with van der Waals surface area (Å²) in [5.41, 5.74) is 0.247. The van der Waals surface area contributed by atoms with Crippen LogP contribution in [0.5, 0.6) is 0 Å². The number of carbonyl (C=O) groups is 2. The SMILES string of the molecule is C[C@]12CC[C@H]3[C@H]([C@@H]1CC[C@@H]2O)[C@](O)(CCCCCCCC(=O)O)CC1=CC(=O)CC[C@@]13C. The van der Waals surface area contributed by atoms with Crippen molar-refractivity contribution in [3.63, 3.8) is 0 Å². The first-order valence-corrected chi connectivity index (χ1v) is 13.0. The number of carboxylic acids is 1. The molecule has 0 radical (unpaired) electrons. The minimum absolute atomic E-state index is 0.00346. The predicted octanol–water partition coefficient (Wildman–Crippen LogP) is 5.04. The van der Waals surface area contributed by atoms with Crippen LogP contribution in [0.25, 0.3) is 0 Å². The van der Waals surface area contributed by atoms with Gasteiger partial charge in [-0.15, -0.1) is 0 Å². The van der Waals surface area contributed by atoms with Crippen LogP contribution in [0.4, 0.5) is 0 Å². The van der Waals surface area contributed by atoms with Gasteiger partial charge in [-0.1, -0.05) is 45.1 Å². The Balaban J connectivity index is 1.53. The molecule has 0 aromatic rings. The minimum atomic E-state index is -0.814. The third kappa shape index (κ3) is 4.09. The molecular weight excluding hydrogens is 404 g/mol. The molecule has 0 spiro atoms. The zero-order valence-corrected chi connectivity index (χ0v) is 19.9. The summed E-state index contributed by atoms with van der Waals surface area (Å²) in [4.78, 5) is 23.0. The summed E-state index contributed by atoms with van der Waals surface area (Å²) in [6.07, 6.45) is 13.1. The summed E-state index contributed by atoms with van der Waals surface area (Å²) < 4.78 is 0. The molecule has 0 saturated heterocycles. The lowest BCUT2D eigenvalue weighted by atomic mass is 9.43. The van der Waals surface area contributed by atoms with Crippen LogP contribution in [0, 0.1) is 28.6 Å². The summed E-state index contributed by atoms with van der Waals surface area (Å²) in [6.45, 7) is 4.57. The molecule has 5 heteroatoms. The van der Waals surface area contributed by atoms with Crippen LogP contribution in [0.15, 0.2) is 11.6 Å². The third-order valence-corrected chi connectivity index (χ3v) is 10.1. The number of carbonyl (C=O) groups excluding carboxylic acids is 1. The van der Waals surface area contributed by atoms with Crippen LogP contribution in [0.3, 0.4) is 0 Å². The van der Waals surface area contributed by atoms with Crippen LogP contribution in [-0.2, 0) is 9.59 Å². The van der Waals surface area contributed by atoms with E-state index in [0.29, 0.717) is 24.7 Å². The Labute approximate surface area is 192 Å². The zero-order valence-electron chi connectivity index (χ0n) is 19.9. The predicted molar refractivity (Wildman–Crippen MR) is 123 cm³/mol. The second-order valence-corrected chi connectivity index (χ2v) is 11.9. The number of rotatable bonds is 8. The fourth-order valence-corrected chi connectivity index (χ4v) is 8.17. The van der Waals surface area contributed by atoms with Gasteiger partial charge in [-0.05, 0) is 86.0 Å². The lowest BCUT2D eigenvalue weighted by Crippen LogP contribution is -2.61. The molecule has 4 rings (SSSR count). The molecule has 0 unspecified atom stereocenters. The zero-order chi connectivity index (χ0) is 23.1. The minimum Gasteiger partial charge on any atom is -0.481 e. The number of hydrogen-bond acceptors (Lipinski definition) is 4. The largest absolute Gasteiger partial charge is 0.481 e. The summed E-state index contributed by atoms with van der Waals surface area (Å²) >= 11 is 0. The monoisotopic (exact) mass is 446 g/mol. The van der Waals surface area contributed by atoms with E-state index in [1.165, 1.54) is 5.57 Å². The number of aliphatic hydroxyl groups excluding tert-OH is 1. The highest BCUT2D eigenvalue weighted by Crippen LogP contribution is 2.68. The normalized spacial score (nSPS) is 43.2. The van der Waals surface area contributed by atoms with Gasteiger partial charge in [-0.2, -0.15) is 0 Å². The number of aliphatic carboxylic acids is 1. The first kappa shape index (κ1) is 23.9. The number of hydrogen-bond donors (Lipinski definition) is 3. The molecule has 32 heavy (non-hydrogen) atoms. The first-order valence-electron chi connectivity index (χ1n) is 13.0. The molecule has 0 bridgehead atoms. The van der Waals surface area contributed by atoms with Crippen LogP contribution < -0.4 is 0 Å². The van der Waals surface area contributed by atoms with E-state index in [-0.39, 0.29) is 35.1 Å². The quantitative estimate of drug-likeness (QED) is 0.454. The third-order valence-electron chi connectivity index (χ3n) is 10.1. The number of carboxylic acid groups (broad SMARTS) is 1. The molecule has 0 aromatic heterocycles. The molecule has 4 aliphatic rings. The van der Waals surface area contributed by atoms with Gasteiger partial charge in [0.25, 0.3) is 0 Å². The van der Waals surface area contributed by atoms with E-state index in [1.807, 2.05) is 6.08 Å². The Hall–Kier alpha value is -1.20. The Kier molecular flexibility index (Phi) is 6.63. The van der Waals surface area contributed by atoms with Gasteiger partial charge in [0, 0.05) is 12.8 Å². The Morgan fingerprint density at radius 1 is 1.03 bits per heavy atom. The maximum absolute atomic E-state index is 12.3. The second-order valence-electron chi connectivity index (χ2n) is 11.9. The molecule has 7 atom stereocenters. The fraction of sp³-hybridized carbons (Fsp3) is 0.852. The summed E-state index contributed by atoms with van der Waals surface area (Å²) in [7, 11) is 0. The number of fused-ring (bicyclic) bond motifs is 5. The Morgan fingerprint density at radius 3 is 2.50 bits per heavy atom. The molecule has 3 saturated carbocycles. The van der Waals surface area contributed by atoms with Crippen LogP contribution in [-0.4, -0.2) is 38.8 Å². The van der Waals surface area contributed by atoms with Crippen molar-refractivity contribution in [2.24, 2.45) is 28.6 Å². The van der Waals surface area contributed by atoms with Gasteiger partial charge in [0.15, 0.2) is 5.78 Å². The van der Waals surface area contributed by atoms with E-state index in [1.54, 1.807) is 0 Å². The maximum Gasteiger partial charge on any atom is 0.303 e. The van der Waals surface area contributed by atoms with Gasteiger partial charge in [0.2, 0.25) is 0 Å². The average molecular weight is 447 g/mol. The molecule has 5 nitrogen and oxygen atoms in total. The van der Waals surface area contributed by atoms with Crippen LogP contribution in [0.2, 0.25) is 0 Å². The van der Waals surface area contributed by atoms with E-state index >= 15 is 0 Å². The van der Waals surface area contributed by atoms with Crippen LogP contribution >= 0.6 is 0 Å². The van der Waals surface area contributed by atoms with Gasteiger partial charge in [0.1, 0.15) is 0 Å². The lowest BCUT2D eigenvalue weighted by molar-refractivity contribution is -0.173. The summed E-state index contributed by atoms with van der Waals surface area (Å²) in [6, 6.07) is 0. The highest BCUT2D eigenvalue weighted by atomic mass is 16.4. The van der Waals surface area contributed by atoms with Crippen molar-refractivity contribution in [2.75, 3.05) is 0 Å². The molecule has 3 N–H and O–H groups in total. The highest BCUT2D eigenvalue weighted by molar-refractivity contribution is 5.91. The van der Waals surface area contributed by atoms with Crippen molar-refractivity contribution < 1.29 is 24.9 Å². The molecule has 4 aliphatic carbocycles. The van der Waals surface area contributed by atoms with Gasteiger partial charge in [-0.3, -0.25) is 9.59 Å². The second kappa shape index (κ2) is 8.87. The topological polar surface area (TPSA) is 94.8 Å². The van der Waals surface area contributed by atoms with Gasteiger partial charge >= 0.3 is 5.97 Å². The van der Waals surface area contributed by atoms with E-state index < -0.39 is 11.6 Å². The van der Waals surface area contributed by atoms with Crippen molar-refractivity contribution in [3.05, 3.63) is 11.6 Å². The van der Waals surface area contributed by atoms with Crippen molar-refractivity contribution in [3.8, 4) is 0 Å². The van der Waals surface area contributed by atoms with E-state index in [2.05, 4.69) is 13.8 Å². The van der Waals surface area contributed by atoms with Crippen molar-refractivity contribution >= 4 is 11.8 Å². The Bertz CT molecular complexity index is 774. The van der Waals surface area contributed by atoms with E-state index in [0.717, 1.165) is 70.6 Å². The number of unbranched alkanes of at least 4 members (excludes halogenated alkanes) is 4. The molecule has 0 aromatic carbocycles. The van der Waals surface area contributed by atoms with Crippen molar-refractivity contribution in [1.29, 1.82) is 0 Å². The maximum atomic E-state index is 12.3. The van der Waals surface area contributed by atoms with Gasteiger partial charge in [0.05, 0.1) is 11.7 Å². The van der Waals surface area contributed by atoms with Crippen molar-refractivity contribution in [2.45, 2.75) is 115 Å². The molecular formula is C27H42O5. The number of aliphatic hydroxyl groups is 2. The van der Waals surface area contributed by atoms with Gasteiger partial charge in [-0.25, -0.2) is 0 Å². The Morgan fingerprint density at radius 2 is 1.75 bits per heavy atom. The van der Waals surface area contributed by atoms with Crippen LogP contribution in [0.1, 0.15) is 104 Å². The molecule has 0 aliphatic heterocycles. The van der Waals surface area contributed by atoms with E-state index in [4.69, 9.17) is 5.11 Å². The molecule has 3 fully saturated rings. The first-order chi connectivity index (χ1) is 15.1. The summed E-state index contributed by atoms with van der Waals surface area (Å²) in [5.74, 6) is 0.367. The van der Waals surface area contributed by atoms with Crippen molar-refractivity contribution in [1.82, 2.24) is 0 Å². The average Bonchev–Trinajstić information content (AvgIpc) is 3.03. The summed E-state index contributed by atoms with van der Waals surface area (Å²) in [5, 5.41) is 31.8. The molecule has 180 valence electrons. The highest BCUT2D eigenvalue weighted by Gasteiger charge is 2.64.